The zero-order valence-electron chi connectivity index (χ0n) is 36.4. The summed E-state index contributed by atoms with van der Waals surface area (Å²) in [5, 5.41) is 0. The van der Waals surface area contributed by atoms with E-state index in [2.05, 4.69) is 12.2 Å². The molecule has 0 N–H and O–H groups in total. The first-order valence-electron chi connectivity index (χ1n) is 21.9. The Bertz CT molecular complexity index is 2400. The molecule has 1 saturated carbocycles. The van der Waals surface area contributed by atoms with Crippen molar-refractivity contribution in [1.82, 2.24) is 0 Å². The van der Waals surface area contributed by atoms with Gasteiger partial charge in [-0.15, -0.1) is 0 Å². The van der Waals surface area contributed by atoms with E-state index in [9.17, 15) is 24.0 Å². The van der Waals surface area contributed by atoms with E-state index in [0.29, 0.717) is 30.8 Å². The minimum atomic E-state index is -0.826. The first kappa shape index (κ1) is 50.8. The number of ether oxygens (including phenoxy) is 7. The molecule has 352 valence electrons. The van der Waals surface area contributed by atoms with Crippen LogP contribution in [0.1, 0.15) is 77.6 Å². The van der Waals surface area contributed by atoms with Gasteiger partial charge in [0.15, 0.2) is 0 Å². The summed E-state index contributed by atoms with van der Waals surface area (Å²) in [6.07, 6.45) is 9.02. The van der Waals surface area contributed by atoms with Gasteiger partial charge in [-0.25, -0.2) is 4.79 Å². The summed E-state index contributed by atoms with van der Waals surface area (Å²) >= 11 is 10.4. The Labute approximate surface area is 409 Å². The third kappa shape index (κ3) is 17.2. The Kier molecular flexibility index (Phi) is 20.5. The lowest BCUT2D eigenvalue weighted by Gasteiger charge is -2.25. The molecule has 1 aliphatic heterocycles. The Balaban J connectivity index is 0.910. The SMILES string of the molecule is C[C@H]1CCC/C=C/[C@@H]2C[C@H](OC(=O)CCCC(=O)OCCOc3ccc(-c4cc(=S)ss4)cc3)C[C@H]2[C@H](OC(=O)CCCC(=O)OCCOc2ccc(-c3cc(=S)ss3)cc2)/C=C/C(=O)O1. The Morgan fingerprint density at radius 3 is 1.73 bits per heavy atom. The number of hydrogen-bond acceptors (Lipinski definition) is 18. The van der Waals surface area contributed by atoms with E-state index in [1.54, 1.807) is 41.4 Å². The van der Waals surface area contributed by atoms with Crippen molar-refractivity contribution in [1.29, 1.82) is 0 Å². The number of allylic oxidation sites excluding steroid dienone is 2. The van der Waals surface area contributed by atoms with Crippen molar-refractivity contribution in [3.05, 3.63) is 92.6 Å². The smallest absolute Gasteiger partial charge is 0.330 e. The molecule has 0 amide bonds. The average Bonchev–Trinajstić information content (AvgIpc) is 4.05. The molecule has 12 nitrogen and oxygen atoms in total. The maximum Gasteiger partial charge on any atom is 0.330 e. The molecule has 6 rings (SSSR count). The van der Waals surface area contributed by atoms with Crippen LogP contribution >= 0.6 is 65.8 Å². The molecule has 0 spiro atoms. The highest BCUT2D eigenvalue weighted by molar-refractivity contribution is 7.80. The second-order valence-electron chi connectivity index (χ2n) is 15.7. The van der Waals surface area contributed by atoms with Gasteiger partial charge < -0.3 is 33.2 Å². The van der Waals surface area contributed by atoms with E-state index in [4.69, 9.17) is 57.6 Å². The van der Waals surface area contributed by atoms with Crippen LogP contribution in [0.15, 0.2) is 85.0 Å². The molecule has 2 aliphatic rings. The molecule has 66 heavy (non-hydrogen) atoms. The number of carbonyl (C=O) groups is 5. The minimum Gasteiger partial charge on any atom is -0.490 e. The molecule has 0 radical (unpaired) electrons. The van der Waals surface area contributed by atoms with Crippen LogP contribution in [0.5, 0.6) is 11.5 Å². The number of carbonyl (C=O) groups excluding carboxylic acids is 5. The van der Waals surface area contributed by atoms with Gasteiger partial charge in [0.25, 0.3) is 0 Å². The lowest BCUT2D eigenvalue weighted by molar-refractivity contribution is -0.153. The van der Waals surface area contributed by atoms with E-state index in [-0.39, 0.29) is 82.9 Å². The van der Waals surface area contributed by atoms with Crippen LogP contribution in [0.2, 0.25) is 0 Å². The van der Waals surface area contributed by atoms with Crippen molar-refractivity contribution in [3.63, 3.8) is 0 Å². The molecule has 18 heteroatoms. The van der Waals surface area contributed by atoms with Gasteiger partial charge in [0.1, 0.15) is 57.8 Å². The van der Waals surface area contributed by atoms with Gasteiger partial charge in [0, 0.05) is 47.4 Å². The van der Waals surface area contributed by atoms with Gasteiger partial charge >= 0.3 is 29.8 Å². The van der Waals surface area contributed by atoms with Crippen LogP contribution in [0.4, 0.5) is 0 Å². The fourth-order valence-corrected chi connectivity index (χ4v) is 12.2. The van der Waals surface area contributed by atoms with Gasteiger partial charge in [-0.1, -0.05) is 77.9 Å². The predicted octanol–water partition coefficient (Wildman–Crippen LogP) is 11.7. The standard InChI is InChI=1S/C48H52O12S6/c1-31-7-3-2-4-8-34-27-37(59-44(51)11-5-9-42(49)56-25-23-54-35-17-13-32(14-18-35)40-29-47(61)65-63-40)28-38(34)39(21-22-46(53)58-31)60-45(52)12-6-10-43(50)57-26-24-55-36-19-15-33(16-20-36)41-30-48(62)66-64-41/h4,8,13-22,29-31,34,37-39H,2-3,5-7,9-12,23-28H2,1H3/b8-4+,22-21+/t31-,34+,37-,38+,39+/m0/s1. The van der Waals surface area contributed by atoms with Gasteiger partial charge in [-0.3, -0.25) is 19.2 Å². The Morgan fingerprint density at radius 2 is 1.20 bits per heavy atom. The molecule has 1 aliphatic carbocycles. The molecule has 2 aromatic heterocycles. The van der Waals surface area contributed by atoms with Crippen LogP contribution in [-0.4, -0.2) is 74.6 Å². The zero-order valence-corrected chi connectivity index (χ0v) is 41.3. The van der Waals surface area contributed by atoms with Gasteiger partial charge in [0.05, 0.1) is 6.10 Å². The normalized spacial score (nSPS) is 20.5. The second-order valence-corrected chi connectivity index (χ2v) is 21.5. The topological polar surface area (TPSA) is 150 Å². The number of esters is 5. The first-order valence-corrected chi connectivity index (χ1v) is 27.0. The summed E-state index contributed by atoms with van der Waals surface area (Å²) < 4.78 is 41.1. The van der Waals surface area contributed by atoms with E-state index in [0.717, 1.165) is 41.4 Å². The number of fused-ring (bicyclic) bond motifs is 1. The molecule has 2 aromatic carbocycles. The van der Waals surface area contributed by atoms with Crippen LogP contribution < -0.4 is 9.47 Å². The lowest BCUT2D eigenvalue weighted by Crippen LogP contribution is -2.28. The van der Waals surface area contributed by atoms with E-state index in [1.165, 1.54) is 12.2 Å². The molecule has 4 aromatic rings. The van der Waals surface area contributed by atoms with Crippen LogP contribution in [0.3, 0.4) is 0 Å². The van der Waals surface area contributed by atoms with E-state index >= 15 is 0 Å². The first-order chi connectivity index (χ1) is 32.0. The summed E-state index contributed by atoms with van der Waals surface area (Å²) in [7, 11) is 6.37. The monoisotopic (exact) mass is 1010 g/mol. The van der Waals surface area contributed by atoms with Crippen LogP contribution in [0.25, 0.3) is 20.9 Å². The molecule has 0 saturated heterocycles. The van der Waals surface area contributed by atoms with Gasteiger partial charge in [-0.05, 0) is 136 Å². The highest BCUT2D eigenvalue weighted by atomic mass is 32.9. The van der Waals surface area contributed by atoms with E-state index < -0.39 is 42.1 Å². The number of cyclic esters (lactones) is 1. The summed E-state index contributed by atoms with van der Waals surface area (Å²) in [6, 6.07) is 19.2. The summed E-state index contributed by atoms with van der Waals surface area (Å²) in [6.45, 7) is 2.32. The van der Waals surface area contributed by atoms with Gasteiger partial charge in [-0.2, -0.15) is 0 Å². The van der Waals surface area contributed by atoms with Crippen molar-refractivity contribution in [2.24, 2.45) is 11.8 Å². The molecular weight excluding hydrogens is 961 g/mol. The second kappa shape index (κ2) is 26.7. The lowest BCUT2D eigenvalue weighted by atomic mass is 9.89. The molecule has 0 bridgehead atoms. The van der Waals surface area contributed by atoms with E-state index in [1.807, 2.05) is 67.6 Å². The van der Waals surface area contributed by atoms with Crippen molar-refractivity contribution >= 4 is 95.6 Å². The Hall–Kier alpha value is -4.59. The van der Waals surface area contributed by atoms with Crippen molar-refractivity contribution in [3.8, 4) is 32.4 Å². The van der Waals surface area contributed by atoms with Crippen molar-refractivity contribution < 1.29 is 57.1 Å². The molecule has 3 heterocycles. The van der Waals surface area contributed by atoms with Crippen molar-refractivity contribution in [2.75, 3.05) is 26.4 Å². The molecule has 0 unspecified atom stereocenters. The number of rotatable bonds is 20. The minimum absolute atomic E-state index is 0.00361. The molecular formula is C48H52O12S6. The quantitative estimate of drug-likeness (QED) is 0.0206. The van der Waals surface area contributed by atoms with Crippen LogP contribution in [0, 0.1) is 19.5 Å². The molecule has 1 fully saturated rings. The third-order valence-corrected chi connectivity index (χ3v) is 16.5. The summed E-state index contributed by atoms with van der Waals surface area (Å²) in [4.78, 5) is 66.0. The maximum atomic E-state index is 13.2. The summed E-state index contributed by atoms with van der Waals surface area (Å²) in [5.41, 5.74) is 2.11. The fraction of sp³-hybridized carbons (Fsp3) is 0.438. The number of benzene rings is 2. The Morgan fingerprint density at radius 1 is 0.667 bits per heavy atom. The third-order valence-electron chi connectivity index (χ3n) is 10.7. The average molecular weight is 1010 g/mol. The van der Waals surface area contributed by atoms with Crippen molar-refractivity contribution in [2.45, 2.75) is 95.9 Å². The largest absolute Gasteiger partial charge is 0.490 e. The fourth-order valence-electron chi connectivity index (χ4n) is 7.44. The maximum absolute atomic E-state index is 13.2. The highest BCUT2D eigenvalue weighted by Crippen LogP contribution is 2.40. The van der Waals surface area contributed by atoms with Crippen LogP contribution in [-0.2, 0) is 47.7 Å². The number of hydrogen-bond donors (Lipinski definition) is 0. The van der Waals surface area contributed by atoms with Gasteiger partial charge in [0.2, 0.25) is 0 Å². The predicted molar refractivity (Wildman–Crippen MR) is 261 cm³/mol. The summed E-state index contributed by atoms with van der Waals surface area (Å²) in [5.74, 6) is -1.55. The highest BCUT2D eigenvalue weighted by Gasteiger charge is 2.40. The molecule has 5 atom stereocenters. The zero-order chi connectivity index (χ0) is 46.7.